The second-order valence-electron chi connectivity index (χ2n) is 2.73. The fourth-order valence-corrected chi connectivity index (χ4v) is 2.44. The topological polar surface area (TPSA) is 27.4 Å². The minimum absolute atomic E-state index is 0.599. The summed E-state index contributed by atoms with van der Waals surface area (Å²) in [4.78, 5) is 4.12. The second-order valence-corrected chi connectivity index (χ2v) is 3.90. The van der Waals surface area contributed by atoms with Crippen LogP contribution in [0.3, 0.4) is 0 Å². The molecule has 0 saturated carbocycles. The predicted molar refractivity (Wildman–Crippen MR) is 48.0 cm³/mol. The van der Waals surface area contributed by atoms with Gasteiger partial charge in [0.1, 0.15) is 0 Å². The fourth-order valence-electron chi connectivity index (χ4n) is 1.38. The molecule has 4 heteroatoms. The fraction of sp³-hybridized carbons (Fsp3) is 0.714. The first-order valence-electron chi connectivity index (χ1n) is 3.92. The molecule has 1 N–H and O–H groups in total. The number of hydrogen-bond acceptors (Lipinski definition) is 2. The molecule has 2 heterocycles. The molecule has 1 atom stereocenters. The summed E-state index contributed by atoms with van der Waals surface area (Å²) >= 11 is 1.83. The van der Waals surface area contributed by atoms with E-state index in [0.717, 1.165) is 5.17 Å². The Morgan fingerprint density at radius 1 is 1.82 bits per heavy atom. The van der Waals surface area contributed by atoms with Crippen LogP contribution in [-0.4, -0.2) is 28.5 Å². The molecule has 0 bridgehead atoms. The highest BCUT2D eigenvalue weighted by atomic mass is 32.2. The van der Waals surface area contributed by atoms with Gasteiger partial charge in [-0.3, -0.25) is 4.99 Å². The summed E-state index contributed by atoms with van der Waals surface area (Å²) in [7, 11) is 1.83. The molecule has 0 aromatic rings. The van der Waals surface area contributed by atoms with Crippen LogP contribution in [-0.2, 0) is 0 Å². The summed E-state index contributed by atoms with van der Waals surface area (Å²) in [5, 5.41) is 1.65. The number of hydrogen-bond donors (Lipinski definition) is 1. The number of aliphatic imine (C=N–C) groups is 1. The standard InChI is InChI=1S/C7H12N3S/c1-8-7-9-10-5-3-2-4-6(10)11-7/h5-6H,2-4H2,1H3,(H,8,9)/q+1/t6-/m0/s1. The van der Waals surface area contributed by atoms with E-state index < -0.39 is 0 Å². The van der Waals surface area contributed by atoms with Gasteiger partial charge in [0, 0.05) is 19.9 Å². The first kappa shape index (κ1) is 7.16. The van der Waals surface area contributed by atoms with E-state index in [1.807, 2.05) is 18.8 Å². The molecule has 1 saturated heterocycles. The lowest BCUT2D eigenvalue weighted by Gasteiger charge is -2.06. The molecular weight excluding hydrogens is 158 g/mol. The van der Waals surface area contributed by atoms with E-state index in [2.05, 4.69) is 21.3 Å². The van der Waals surface area contributed by atoms with Crippen molar-refractivity contribution in [2.45, 2.75) is 24.6 Å². The van der Waals surface area contributed by atoms with E-state index in [9.17, 15) is 0 Å². The Morgan fingerprint density at radius 2 is 2.73 bits per heavy atom. The first-order valence-corrected chi connectivity index (χ1v) is 4.80. The molecule has 0 unspecified atom stereocenters. The van der Waals surface area contributed by atoms with Crippen molar-refractivity contribution in [1.82, 2.24) is 5.43 Å². The molecule has 60 valence electrons. The lowest BCUT2D eigenvalue weighted by atomic mass is 10.2. The van der Waals surface area contributed by atoms with Gasteiger partial charge in [0.05, 0.1) is 0 Å². The van der Waals surface area contributed by atoms with Crippen molar-refractivity contribution < 1.29 is 4.68 Å². The van der Waals surface area contributed by atoms with Crippen LogP contribution in [0.4, 0.5) is 0 Å². The van der Waals surface area contributed by atoms with Crippen LogP contribution < -0.4 is 5.43 Å². The highest BCUT2D eigenvalue weighted by Gasteiger charge is 2.34. The van der Waals surface area contributed by atoms with E-state index in [4.69, 9.17) is 0 Å². The molecule has 0 aromatic heterocycles. The Bertz CT molecular complexity index is 222. The van der Waals surface area contributed by atoms with Crippen molar-refractivity contribution in [3.05, 3.63) is 0 Å². The number of hydrazone groups is 1. The maximum absolute atomic E-state index is 4.12. The molecule has 3 nitrogen and oxygen atoms in total. The molecule has 0 aromatic carbocycles. The van der Waals surface area contributed by atoms with Gasteiger partial charge < -0.3 is 0 Å². The van der Waals surface area contributed by atoms with Crippen molar-refractivity contribution in [3.63, 3.8) is 0 Å². The maximum Gasteiger partial charge on any atom is 0.234 e. The Kier molecular flexibility index (Phi) is 1.85. The number of thioether (sulfide) groups is 1. The summed E-state index contributed by atoms with van der Waals surface area (Å²) in [6, 6.07) is 0. The summed E-state index contributed by atoms with van der Waals surface area (Å²) in [6.45, 7) is 0. The minimum Gasteiger partial charge on any atom is -0.261 e. The SMILES string of the molecule is CN=C1N[N+]2=CCCC[C@@H]2S1. The van der Waals surface area contributed by atoms with Crippen LogP contribution in [0, 0.1) is 0 Å². The second kappa shape index (κ2) is 2.85. The zero-order valence-corrected chi connectivity index (χ0v) is 7.40. The van der Waals surface area contributed by atoms with Gasteiger partial charge in [-0.1, -0.05) is 0 Å². The maximum atomic E-state index is 4.12. The van der Waals surface area contributed by atoms with E-state index in [1.54, 1.807) is 0 Å². The van der Waals surface area contributed by atoms with Gasteiger partial charge in [0.15, 0.2) is 6.21 Å². The van der Waals surface area contributed by atoms with Crippen LogP contribution in [0.1, 0.15) is 19.3 Å². The number of rotatable bonds is 0. The van der Waals surface area contributed by atoms with Crippen LogP contribution in [0.5, 0.6) is 0 Å². The van der Waals surface area contributed by atoms with Gasteiger partial charge in [-0.05, 0) is 18.2 Å². The highest BCUT2D eigenvalue weighted by molar-refractivity contribution is 8.14. The molecule has 0 radical (unpaired) electrons. The van der Waals surface area contributed by atoms with E-state index in [1.165, 1.54) is 19.3 Å². The lowest BCUT2D eigenvalue weighted by Crippen LogP contribution is -2.31. The molecule has 2 aliphatic rings. The average Bonchev–Trinajstić information content (AvgIpc) is 2.46. The number of nitrogens with one attached hydrogen (secondary N) is 1. The van der Waals surface area contributed by atoms with Gasteiger partial charge in [0.25, 0.3) is 0 Å². The molecular formula is C7H12N3S+. The van der Waals surface area contributed by atoms with Gasteiger partial charge in [-0.25, -0.2) is 0 Å². The summed E-state index contributed by atoms with van der Waals surface area (Å²) in [6.07, 6.45) is 6.00. The smallest absolute Gasteiger partial charge is 0.234 e. The molecule has 0 spiro atoms. The van der Waals surface area contributed by atoms with Gasteiger partial charge in [0.2, 0.25) is 10.5 Å². The third-order valence-corrected chi connectivity index (χ3v) is 3.20. The molecule has 0 amide bonds. The zero-order valence-electron chi connectivity index (χ0n) is 6.58. The molecule has 11 heavy (non-hydrogen) atoms. The first-order chi connectivity index (χ1) is 5.40. The Labute approximate surface area is 70.6 Å². The number of amidine groups is 1. The van der Waals surface area contributed by atoms with Gasteiger partial charge >= 0.3 is 0 Å². The largest absolute Gasteiger partial charge is 0.261 e. The molecule has 2 rings (SSSR count). The molecule has 1 fully saturated rings. The summed E-state index contributed by atoms with van der Waals surface area (Å²) in [5.41, 5.74) is 3.23. The number of hydrazine groups is 1. The summed E-state index contributed by atoms with van der Waals surface area (Å²) in [5.74, 6) is 0. The lowest BCUT2D eigenvalue weighted by molar-refractivity contribution is -0.578. The van der Waals surface area contributed by atoms with Crippen LogP contribution in [0.15, 0.2) is 4.99 Å². The number of fused-ring (bicyclic) bond motifs is 1. The molecule has 2 aliphatic heterocycles. The monoisotopic (exact) mass is 170 g/mol. The van der Waals surface area contributed by atoms with Gasteiger partial charge in [-0.15, -0.1) is 10.1 Å². The Balaban J connectivity index is 2.17. The third-order valence-electron chi connectivity index (χ3n) is 1.97. The van der Waals surface area contributed by atoms with E-state index in [0.29, 0.717) is 5.37 Å². The Morgan fingerprint density at radius 3 is 3.45 bits per heavy atom. The van der Waals surface area contributed by atoms with Crippen molar-refractivity contribution in [3.8, 4) is 0 Å². The minimum atomic E-state index is 0.599. The van der Waals surface area contributed by atoms with Crippen LogP contribution in [0.2, 0.25) is 0 Å². The Hall–Kier alpha value is -0.510. The molecule has 0 aliphatic carbocycles. The van der Waals surface area contributed by atoms with Crippen molar-refractivity contribution >= 4 is 23.1 Å². The third kappa shape index (κ3) is 1.27. The van der Waals surface area contributed by atoms with E-state index >= 15 is 0 Å². The quantitative estimate of drug-likeness (QED) is 0.545. The van der Waals surface area contributed by atoms with E-state index in [-0.39, 0.29) is 0 Å². The number of nitrogens with zero attached hydrogens (tertiary/aromatic N) is 2. The van der Waals surface area contributed by atoms with Gasteiger partial charge in [-0.2, -0.15) is 0 Å². The van der Waals surface area contributed by atoms with Crippen molar-refractivity contribution in [2.75, 3.05) is 7.05 Å². The predicted octanol–water partition coefficient (Wildman–Crippen LogP) is 0.817. The van der Waals surface area contributed by atoms with Crippen LogP contribution in [0.25, 0.3) is 0 Å². The highest BCUT2D eigenvalue weighted by Crippen LogP contribution is 2.25. The summed E-state index contributed by atoms with van der Waals surface area (Å²) < 4.78 is 2.18. The van der Waals surface area contributed by atoms with Crippen LogP contribution >= 0.6 is 11.8 Å². The zero-order chi connectivity index (χ0) is 7.68. The van der Waals surface area contributed by atoms with Crippen molar-refractivity contribution in [2.24, 2.45) is 4.99 Å². The van der Waals surface area contributed by atoms with Crippen molar-refractivity contribution in [1.29, 1.82) is 0 Å². The normalized spacial score (nSPS) is 33.0. The average molecular weight is 170 g/mol.